The number of fused-ring (bicyclic) bond motifs is 1. The Bertz CT molecular complexity index is 885. The molecule has 1 amide bonds. The molecule has 0 saturated heterocycles. The topological polar surface area (TPSA) is 71.3 Å². The summed E-state index contributed by atoms with van der Waals surface area (Å²) in [5.74, 6) is 0.975. The lowest BCUT2D eigenvalue weighted by Gasteiger charge is -2.13. The van der Waals surface area contributed by atoms with Crippen LogP contribution in [0.1, 0.15) is 31.2 Å². The van der Waals surface area contributed by atoms with Crippen molar-refractivity contribution in [1.82, 2.24) is 5.32 Å². The maximum Gasteiger partial charge on any atom is 0.262 e. The summed E-state index contributed by atoms with van der Waals surface area (Å²) in [6.45, 7) is 0. The number of nitrogens with one attached hydrogen (secondary N) is 1. The van der Waals surface area contributed by atoms with Crippen LogP contribution in [-0.4, -0.2) is 26.2 Å². The molecule has 0 unspecified atom stereocenters. The Morgan fingerprint density at radius 3 is 2.58 bits per heavy atom. The molecule has 0 atom stereocenters. The van der Waals surface area contributed by atoms with Gasteiger partial charge in [0.1, 0.15) is 23.1 Å². The molecule has 0 bridgehead atoms. The van der Waals surface area contributed by atoms with Gasteiger partial charge in [-0.05, 0) is 47.9 Å². The first kappa shape index (κ1) is 17.8. The Hall–Kier alpha value is -3.00. The van der Waals surface area contributed by atoms with Crippen molar-refractivity contribution in [2.45, 2.75) is 31.7 Å². The number of benzene rings is 2. The second kappa shape index (κ2) is 7.92. The molecule has 2 aromatic rings. The summed E-state index contributed by atoms with van der Waals surface area (Å²) >= 11 is 0. The summed E-state index contributed by atoms with van der Waals surface area (Å²) in [6.07, 6.45) is 5.78. The molecule has 3 rings (SSSR count). The predicted molar refractivity (Wildman–Crippen MR) is 101 cm³/mol. The van der Waals surface area contributed by atoms with Crippen molar-refractivity contribution < 1.29 is 14.3 Å². The average Bonchev–Trinajstić information content (AvgIpc) is 3.18. The maximum atomic E-state index is 12.5. The number of hydrogen-bond acceptors (Lipinski definition) is 4. The number of nitriles is 1. The molecule has 1 aliphatic rings. The van der Waals surface area contributed by atoms with Crippen LogP contribution in [0.3, 0.4) is 0 Å². The van der Waals surface area contributed by atoms with Crippen LogP contribution in [0.5, 0.6) is 11.5 Å². The van der Waals surface area contributed by atoms with Crippen molar-refractivity contribution >= 4 is 22.8 Å². The summed E-state index contributed by atoms with van der Waals surface area (Å²) in [5, 5.41) is 14.3. The van der Waals surface area contributed by atoms with E-state index in [1.807, 2.05) is 36.4 Å². The molecule has 0 spiro atoms. The van der Waals surface area contributed by atoms with Crippen molar-refractivity contribution in [3.05, 3.63) is 41.5 Å². The maximum absolute atomic E-state index is 12.5. The number of nitrogens with zero attached hydrogens (tertiary/aromatic N) is 1. The van der Waals surface area contributed by atoms with E-state index < -0.39 is 0 Å². The van der Waals surface area contributed by atoms with E-state index in [2.05, 4.69) is 5.32 Å². The van der Waals surface area contributed by atoms with Crippen molar-refractivity contribution in [3.63, 3.8) is 0 Å². The number of rotatable bonds is 5. The molecule has 0 radical (unpaired) electrons. The van der Waals surface area contributed by atoms with Crippen molar-refractivity contribution in [2.75, 3.05) is 14.2 Å². The zero-order valence-electron chi connectivity index (χ0n) is 15.0. The molecule has 1 N–H and O–H groups in total. The fraction of sp³-hybridized carbons (Fsp3) is 0.333. The Morgan fingerprint density at radius 2 is 1.92 bits per heavy atom. The standard InChI is InChI=1S/C21H22N2O3/c1-25-17-9-7-14-8-10-20(26-2)19(18(14)12-17)11-15(13-22)21(24)23-16-5-3-4-6-16/h7-12,16H,3-6H2,1-2H3,(H,23,24)/b15-11-. The van der Waals surface area contributed by atoms with Gasteiger partial charge in [0.2, 0.25) is 0 Å². The first-order valence-corrected chi connectivity index (χ1v) is 8.73. The summed E-state index contributed by atoms with van der Waals surface area (Å²) in [7, 11) is 3.18. The minimum absolute atomic E-state index is 0.0746. The van der Waals surface area contributed by atoms with Gasteiger partial charge in [0.15, 0.2) is 0 Å². The van der Waals surface area contributed by atoms with Crippen molar-refractivity contribution in [3.8, 4) is 17.6 Å². The molecule has 134 valence electrons. The lowest BCUT2D eigenvalue weighted by Crippen LogP contribution is -2.33. The number of carbonyl (C=O) groups excluding carboxylic acids is 1. The number of methoxy groups -OCH3 is 2. The Balaban J connectivity index is 2.04. The van der Waals surface area contributed by atoms with E-state index in [4.69, 9.17) is 9.47 Å². The molecular weight excluding hydrogens is 328 g/mol. The van der Waals surface area contributed by atoms with E-state index in [0.717, 1.165) is 36.5 Å². The third-order valence-corrected chi connectivity index (χ3v) is 4.79. The molecule has 1 saturated carbocycles. The van der Waals surface area contributed by atoms with Crippen LogP contribution < -0.4 is 14.8 Å². The van der Waals surface area contributed by atoms with Crippen molar-refractivity contribution in [1.29, 1.82) is 5.26 Å². The van der Waals surface area contributed by atoms with E-state index in [0.29, 0.717) is 17.1 Å². The number of carbonyl (C=O) groups is 1. The number of amides is 1. The second-order valence-corrected chi connectivity index (χ2v) is 6.39. The van der Waals surface area contributed by atoms with Gasteiger partial charge in [-0.1, -0.05) is 25.0 Å². The smallest absolute Gasteiger partial charge is 0.262 e. The minimum Gasteiger partial charge on any atom is -0.497 e. The Morgan fingerprint density at radius 1 is 1.19 bits per heavy atom. The fourth-order valence-corrected chi connectivity index (χ4v) is 3.38. The summed E-state index contributed by atoms with van der Waals surface area (Å²) < 4.78 is 10.8. The highest BCUT2D eigenvalue weighted by Gasteiger charge is 2.20. The minimum atomic E-state index is -0.332. The average molecular weight is 350 g/mol. The van der Waals surface area contributed by atoms with Gasteiger partial charge in [0.05, 0.1) is 14.2 Å². The summed E-state index contributed by atoms with van der Waals surface area (Å²) in [5.41, 5.74) is 0.771. The Kier molecular flexibility index (Phi) is 5.43. The molecule has 5 nitrogen and oxygen atoms in total. The molecular formula is C21H22N2O3. The largest absolute Gasteiger partial charge is 0.497 e. The van der Waals surface area contributed by atoms with Gasteiger partial charge in [-0.3, -0.25) is 4.79 Å². The van der Waals surface area contributed by atoms with Gasteiger partial charge in [0.25, 0.3) is 5.91 Å². The third-order valence-electron chi connectivity index (χ3n) is 4.79. The molecule has 0 aromatic heterocycles. The molecule has 1 fully saturated rings. The van der Waals surface area contributed by atoms with Gasteiger partial charge in [-0.15, -0.1) is 0 Å². The highest BCUT2D eigenvalue weighted by molar-refractivity contribution is 6.05. The SMILES string of the molecule is COc1ccc2ccc(OC)c(/C=C(/C#N)C(=O)NC3CCCC3)c2c1. The van der Waals surface area contributed by atoms with Crippen LogP contribution in [0.4, 0.5) is 0 Å². The van der Waals surface area contributed by atoms with Crippen LogP contribution in [-0.2, 0) is 4.79 Å². The molecule has 0 heterocycles. The first-order chi connectivity index (χ1) is 12.7. The monoisotopic (exact) mass is 350 g/mol. The lowest BCUT2D eigenvalue weighted by molar-refractivity contribution is -0.117. The Labute approximate surface area is 153 Å². The summed E-state index contributed by atoms with van der Waals surface area (Å²) in [4.78, 5) is 12.5. The van der Waals surface area contributed by atoms with Crippen LogP contribution in [0.25, 0.3) is 16.8 Å². The second-order valence-electron chi connectivity index (χ2n) is 6.39. The van der Waals surface area contributed by atoms with E-state index in [9.17, 15) is 10.1 Å². The van der Waals surface area contributed by atoms with Crippen LogP contribution in [0.2, 0.25) is 0 Å². The van der Waals surface area contributed by atoms with Crippen molar-refractivity contribution in [2.24, 2.45) is 0 Å². The predicted octanol–water partition coefficient (Wildman–Crippen LogP) is 3.82. The van der Waals surface area contributed by atoms with Gasteiger partial charge in [0, 0.05) is 11.6 Å². The molecule has 1 aliphatic carbocycles. The fourth-order valence-electron chi connectivity index (χ4n) is 3.38. The normalized spacial score (nSPS) is 14.9. The van der Waals surface area contributed by atoms with Crippen LogP contribution >= 0.6 is 0 Å². The quantitative estimate of drug-likeness (QED) is 0.657. The van der Waals surface area contributed by atoms with Gasteiger partial charge >= 0.3 is 0 Å². The van der Waals surface area contributed by atoms with Crippen LogP contribution in [0, 0.1) is 11.3 Å². The number of hydrogen-bond donors (Lipinski definition) is 1. The zero-order chi connectivity index (χ0) is 18.5. The van der Waals surface area contributed by atoms with Gasteiger partial charge < -0.3 is 14.8 Å². The van der Waals surface area contributed by atoms with Crippen LogP contribution in [0.15, 0.2) is 35.9 Å². The van der Waals surface area contributed by atoms with Gasteiger partial charge in [-0.2, -0.15) is 5.26 Å². The van der Waals surface area contributed by atoms with E-state index >= 15 is 0 Å². The molecule has 2 aromatic carbocycles. The third kappa shape index (κ3) is 3.65. The first-order valence-electron chi connectivity index (χ1n) is 8.73. The van der Waals surface area contributed by atoms with E-state index in [1.54, 1.807) is 20.3 Å². The van der Waals surface area contributed by atoms with E-state index in [1.165, 1.54) is 0 Å². The zero-order valence-corrected chi connectivity index (χ0v) is 15.0. The van der Waals surface area contributed by atoms with Gasteiger partial charge in [-0.25, -0.2) is 0 Å². The number of ether oxygens (including phenoxy) is 2. The highest BCUT2D eigenvalue weighted by Crippen LogP contribution is 2.32. The summed E-state index contributed by atoms with van der Waals surface area (Å²) in [6, 6.07) is 11.7. The lowest BCUT2D eigenvalue weighted by atomic mass is 10.0. The molecule has 26 heavy (non-hydrogen) atoms. The molecule has 0 aliphatic heterocycles. The van der Waals surface area contributed by atoms with E-state index in [-0.39, 0.29) is 17.5 Å². The molecule has 5 heteroatoms. The highest BCUT2D eigenvalue weighted by atomic mass is 16.5.